The molecule has 752 valence electrons. The molecule has 0 saturated carbocycles. The minimum atomic E-state index is -1.37. The van der Waals surface area contributed by atoms with Crippen LogP contribution in [0.1, 0.15) is 180 Å². The van der Waals surface area contributed by atoms with Gasteiger partial charge in [0.05, 0.1) is 0 Å². The fourth-order valence-corrected chi connectivity index (χ4v) is 27.6. The van der Waals surface area contributed by atoms with Crippen LogP contribution < -0.4 is 69.1 Å². The van der Waals surface area contributed by atoms with Crippen molar-refractivity contribution < 1.29 is 45.4 Å². The second kappa shape index (κ2) is 57.3. The number of carbonyl (C=O) groups excluding carboxylic acids is 1. The van der Waals surface area contributed by atoms with Gasteiger partial charge in [-0.1, -0.05) is 602 Å². The zero-order valence-corrected chi connectivity index (χ0v) is 101. The fraction of sp³-hybridized carbons (Fsp3) is 0.193. The Kier molecular flexibility index (Phi) is 46.5. The number of rotatable bonds is 15. The standard InChI is InChI=1S/C31H38.C21H25Br.4C18H15P.C10H15BO2.CHO3.2Na.Pd/c1-29(2,3)23-12-10-20(11-13-23)27-19-25(31(7,8)9)18-22-16-21-17-24(30(4,5)6)14-15-26(21)28(22)27;1-20(2,3)15-7-8-17-13(10-15)9-14-11-16(21(4,5)6)12-18(22)19(14)17;4*1-4-10-16(11-5-1)19(17-12-6-2-7-13-17)18-14-8-3-9-15-18;1-10(2,3)8-4-6-9(7-5-8)11(12)13;2-1-4-3;;;/h10-15,17-19H,16H2,1-9H3;7-8,10-12H,9H2,1-6H3;4*1-15H;4-7,12-13H,1-3H3;3H;;;/q;;;;;;;-1;;;. The van der Waals surface area contributed by atoms with E-state index < -0.39 is 38.8 Å². The first-order chi connectivity index (χ1) is 69.9. The van der Waals surface area contributed by atoms with Crippen molar-refractivity contribution in [1.29, 1.82) is 0 Å². The van der Waals surface area contributed by atoms with Gasteiger partial charge < -0.3 is 19.7 Å². The van der Waals surface area contributed by atoms with Gasteiger partial charge in [0.15, 0.2) is 0 Å². The van der Waals surface area contributed by atoms with E-state index >= 15 is 0 Å². The molecule has 0 atom stereocenters. The Morgan fingerprint density at radius 2 is 0.430 bits per heavy atom. The van der Waals surface area contributed by atoms with Crippen molar-refractivity contribution in [2.24, 2.45) is 0 Å². The Hall–Kier alpha value is -9.76. The summed E-state index contributed by atoms with van der Waals surface area (Å²) < 4.78 is 1.23. The van der Waals surface area contributed by atoms with E-state index in [1.165, 1.54) is 157 Å². The van der Waals surface area contributed by atoms with Crippen molar-refractivity contribution in [3.8, 4) is 33.4 Å². The molecule has 0 aromatic heterocycles. The first-order valence-electron chi connectivity index (χ1n) is 50.3. The Morgan fingerprint density at radius 1 is 0.242 bits per heavy atom. The molecular formula is C135H139BBrNa2O5P4Pd-. The number of benzene rings is 18. The summed E-state index contributed by atoms with van der Waals surface area (Å²) in [5.74, 6) is 0. The summed E-state index contributed by atoms with van der Waals surface area (Å²) in [5.41, 5.74) is 24.0. The average molecular weight is 2210 g/mol. The molecule has 18 aromatic rings. The van der Waals surface area contributed by atoms with Crippen LogP contribution >= 0.6 is 47.6 Å². The normalized spacial score (nSPS) is 11.5. The summed E-state index contributed by atoms with van der Waals surface area (Å²) in [6.45, 7) is 41.5. The summed E-state index contributed by atoms with van der Waals surface area (Å²) in [4.78, 5) is 11.3. The molecule has 0 bridgehead atoms. The second-order valence-corrected chi connectivity index (χ2v) is 52.5. The number of halogens is 1. The van der Waals surface area contributed by atoms with Gasteiger partial charge in [0, 0.05) is 84.0 Å². The van der Waals surface area contributed by atoms with Gasteiger partial charge in [0.2, 0.25) is 0 Å². The molecule has 0 spiro atoms. The topological polar surface area (TPSA) is 87.0 Å². The molecule has 3 N–H and O–H groups in total. The van der Waals surface area contributed by atoms with E-state index in [1.807, 2.05) is 12.1 Å². The Labute approximate surface area is 961 Å². The molecule has 2 radical (unpaired) electrons. The fourth-order valence-electron chi connectivity index (χ4n) is 17.7. The van der Waals surface area contributed by atoms with Gasteiger partial charge in [-0.25, -0.2) is 5.26 Å². The Morgan fingerprint density at radius 3 is 0.638 bits per heavy atom. The maximum Gasteiger partial charge on any atom is 0.488 e. The van der Waals surface area contributed by atoms with E-state index in [0.717, 1.165) is 19.3 Å². The molecule has 0 unspecified atom stereocenters. The van der Waals surface area contributed by atoms with Crippen LogP contribution in [0.15, 0.2) is 478 Å². The minimum absolute atomic E-state index is 0. The van der Waals surface area contributed by atoms with E-state index in [9.17, 15) is 0 Å². The van der Waals surface area contributed by atoms with Gasteiger partial charge in [-0.2, -0.15) is 0 Å². The van der Waals surface area contributed by atoms with E-state index in [4.69, 9.17) is 20.1 Å². The van der Waals surface area contributed by atoms with Crippen molar-refractivity contribution in [3.63, 3.8) is 0 Å². The van der Waals surface area contributed by atoms with Crippen molar-refractivity contribution >= 4 is 189 Å². The van der Waals surface area contributed by atoms with Crippen molar-refractivity contribution in [1.82, 2.24) is 0 Å². The molecule has 20 rings (SSSR count). The molecule has 149 heavy (non-hydrogen) atoms. The second-order valence-electron chi connectivity index (χ2n) is 42.8. The molecule has 0 aliphatic heterocycles. The van der Waals surface area contributed by atoms with Crippen LogP contribution in [0.2, 0.25) is 0 Å². The van der Waals surface area contributed by atoms with Crippen LogP contribution in [0, 0.1) is 0 Å². The van der Waals surface area contributed by atoms with Crippen molar-refractivity contribution in [2.75, 3.05) is 0 Å². The molecule has 0 heterocycles. The molecule has 2 aliphatic carbocycles. The Bertz CT molecular complexity index is 6240. The number of fused-ring (bicyclic) bond motifs is 6. The van der Waals surface area contributed by atoms with Gasteiger partial charge in [0.25, 0.3) is 0 Å². The Balaban J connectivity index is 0.000000178. The maximum absolute atomic E-state index is 8.87. The van der Waals surface area contributed by atoms with E-state index in [-0.39, 0.29) is 112 Å². The van der Waals surface area contributed by atoms with Crippen molar-refractivity contribution in [3.05, 3.63) is 533 Å². The molecule has 0 amide bonds. The third-order valence-corrected chi connectivity index (χ3v) is 36.1. The van der Waals surface area contributed by atoms with Gasteiger partial charge >= 0.3 is 7.12 Å². The summed E-state index contributed by atoms with van der Waals surface area (Å²) in [6, 6.07) is 170. The minimum Gasteiger partial charge on any atom is -0.509 e. The van der Waals surface area contributed by atoms with E-state index in [2.05, 4.69) is 594 Å². The molecule has 14 heteroatoms. The van der Waals surface area contributed by atoms with E-state index in [0.29, 0.717) is 5.46 Å². The van der Waals surface area contributed by atoms with Gasteiger partial charge in [-0.05, 0) is 254 Å². The third kappa shape index (κ3) is 34.4. The van der Waals surface area contributed by atoms with Crippen LogP contribution in [-0.2, 0) is 75.4 Å². The van der Waals surface area contributed by atoms with Crippen molar-refractivity contribution in [2.45, 2.75) is 170 Å². The predicted molar refractivity (Wildman–Crippen MR) is 652 cm³/mol. The summed E-state index contributed by atoms with van der Waals surface area (Å²) in [7, 11) is -3.15. The smallest absolute Gasteiger partial charge is 0.488 e. The summed E-state index contributed by atoms with van der Waals surface area (Å²) >= 11 is 3.82. The largest absolute Gasteiger partial charge is 0.509 e. The number of hydrogen-bond acceptors (Lipinski definition) is 5. The van der Waals surface area contributed by atoms with Gasteiger partial charge in [0.1, 0.15) is 0 Å². The summed E-state index contributed by atoms with van der Waals surface area (Å²) in [5, 5.41) is 41.5. The van der Waals surface area contributed by atoms with Crippen LogP contribution in [0.3, 0.4) is 0 Å². The monoisotopic (exact) mass is 2210 g/mol. The van der Waals surface area contributed by atoms with Crippen LogP contribution in [0.5, 0.6) is 0 Å². The number of hydrogen-bond donors (Lipinski definition) is 3. The summed E-state index contributed by atoms with van der Waals surface area (Å²) in [6.07, 6.45) is 2.09. The molecule has 2 aliphatic rings. The zero-order chi connectivity index (χ0) is 104. The predicted octanol–water partition coefficient (Wildman–Crippen LogP) is 28.7. The first kappa shape index (κ1) is 121. The maximum atomic E-state index is 8.87. The van der Waals surface area contributed by atoms with E-state index in [1.54, 1.807) is 12.1 Å². The average Bonchev–Trinajstić information content (AvgIpc) is 1.59. The molecule has 0 fully saturated rings. The van der Waals surface area contributed by atoms with Gasteiger partial charge in [-0.15, -0.1) is 0 Å². The zero-order valence-electron chi connectivity index (χ0n) is 90.2. The third-order valence-electron chi connectivity index (χ3n) is 25.7. The van der Waals surface area contributed by atoms with Gasteiger partial charge in [-0.3, -0.25) is 0 Å². The quantitative estimate of drug-likeness (QED) is 0.0313. The van der Waals surface area contributed by atoms with Crippen LogP contribution in [0.4, 0.5) is 0 Å². The first-order valence-corrected chi connectivity index (χ1v) is 56.4. The molecule has 18 aromatic carbocycles. The van der Waals surface area contributed by atoms with Crippen LogP contribution in [0.25, 0.3) is 33.4 Å². The molecule has 5 nitrogen and oxygen atoms in total. The SMILES string of the molecule is CC(C)(C)c1ccc(-c2cc(C(C)(C)C)cc3c2-c2ccc(C(C)(C)C)cc2C3)cc1.CC(C)(C)c1ccc(B(O)O)cc1.CC(C)(C)c1ccc2c(c1)Cc1cc(C(C)(C)C)cc(Br)c1-2.O=[C-]OO.[Na].[Na].[Pd].c1ccc(P(c2ccccc2)c2ccccc2)cc1.c1ccc(P(c2ccccc2)c2ccccc2)cc1.c1ccc(P(c2ccccc2)c2ccccc2)cc1.c1ccc(P(c2ccccc2)c2ccccc2)cc1. The molecule has 0 saturated heterocycles. The molecular weight excluding hydrogens is 2070 g/mol. The van der Waals surface area contributed by atoms with Crippen LogP contribution in [-0.4, -0.2) is 88.0 Å².